The third kappa shape index (κ3) is 3.47. The molecule has 0 radical (unpaired) electrons. The average molecular weight is 298 g/mol. The Balaban J connectivity index is 1.93. The number of carbonyl (C=O) groups excluding carboxylic acids is 1. The zero-order chi connectivity index (χ0) is 15.3. The summed E-state index contributed by atoms with van der Waals surface area (Å²) in [5.74, 6) is 0.332. The van der Waals surface area contributed by atoms with Crippen LogP contribution in [0.2, 0.25) is 0 Å². The Kier molecular flexibility index (Phi) is 5.41. The highest BCUT2D eigenvalue weighted by molar-refractivity contribution is 6.06. The van der Waals surface area contributed by atoms with Gasteiger partial charge in [-0.3, -0.25) is 4.79 Å². The van der Waals surface area contributed by atoms with Crippen LogP contribution in [0.4, 0.5) is 0 Å². The molecule has 2 fully saturated rings. The highest BCUT2D eigenvalue weighted by Gasteiger charge is 2.44. The Morgan fingerprint density at radius 3 is 2.81 bits per heavy atom. The first-order valence-corrected chi connectivity index (χ1v) is 7.68. The van der Waals surface area contributed by atoms with Gasteiger partial charge in [0.2, 0.25) is 5.91 Å². The molecule has 0 aromatic carbocycles. The molecule has 2 rings (SSSR count). The van der Waals surface area contributed by atoms with Gasteiger partial charge in [-0.25, -0.2) is 0 Å². The number of nitrogens with one attached hydrogen (secondary N) is 1. The van der Waals surface area contributed by atoms with E-state index in [2.05, 4.69) is 22.3 Å². The van der Waals surface area contributed by atoms with Gasteiger partial charge in [-0.2, -0.15) is 0 Å². The van der Waals surface area contributed by atoms with E-state index in [0.29, 0.717) is 38.5 Å². The molecular formula is C14H26N4O3. The molecule has 0 aliphatic carbocycles. The van der Waals surface area contributed by atoms with E-state index in [1.54, 1.807) is 0 Å². The van der Waals surface area contributed by atoms with Crippen molar-refractivity contribution in [2.45, 2.75) is 26.2 Å². The second kappa shape index (κ2) is 7.09. The van der Waals surface area contributed by atoms with E-state index in [1.165, 1.54) is 0 Å². The number of amides is 1. The van der Waals surface area contributed by atoms with Gasteiger partial charge in [0.15, 0.2) is 5.84 Å². The van der Waals surface area contributed by atoms with Gasteiger partial charge in [0, 0.05) is 26.3 Å². The molecule has 2 aliphatic rings. The van der Waals surface area contributed by atoms with Crippen LogP contribution < -0.4 is 11.1 Å². The summed E-state index contributed by atoms with van der Waals surface area (Å²) >= 11 is 0. The molecule has 2 heterocycles. The predicted molar refractivity (Wildman–Crippen MR) is 79.1 cm³/mol. The fourth-order valence-electron chi connectivity index (χ4n) is 3.19. The summed E-state index contributed by atoms with van der Waals surface area (Å²) in [6.07, 6.45) is 2.02. The average Bonchev–Trinajstić information content (AvgIpc) is 3.00. The Labute approximate surface area is 125 Å². The van der Waals surface area contributed by atoms with E-state index < -0.39 is 5.41 Å². The van der Waals surface area contributed by atoms with Crippen molar-refractivity contribution in [2.24, 2.45) is 22.2 Å². The molecule has 2 saturated heterocycles. The minimum Gasteiger partial charge on any atom is -0.409 e. The minimum absolute atomic E-state index is 0.00935. The van der Waals surface area contributed by atoms with Crippen LogP contribution in [0.1, 0.15) is 26.2 Å². The van der Waals surface area contributed by atoms with Crippen molar-refractivity contribution in [2.75, 3.05) is 39.4 Å². The summed E-state index contributed by atoms with van der Waals surface area (Å²) in [5.41, 5.74) is 4.87. The molecule has 4 N–H and O–H groups in total. The number of rotatable bonds is 5. The van der Waals surface area contributed by atoms with Crippen LogP contribution in [0.25, 0.3) is 0 Å². The molecule has 7 heteroatoms. The lowest BCUT2D eigenvalue weighted by Gasteiger charge is -2.34. The molecule has 2 aliphatic heterocycles. The number of hydrogen-bond acceptors (Lipinski definition) is 5. The number of ether oxygens (including phenoxy) is 1. The molecule has 0 spiro atoms. The highest BCUT2D eigenvalue weighted by atomic mass is 16.5. The number of carbonyl (C=O) groups is 1. The molecule has 21 heavy (non-hydrogen) atoms. The van der Waals surface area contributed by atoms with Crippen LogP contribution in [0, 0.1) is 11.3 Å². The SMILES string of the molecule is CCN1CCC(CNC(=O)C2(C(N)=NO)CCOCC2)C1. The fraction of sp³-hybridized carbons (Fsp3) is 0.857. The van der Waals surface area contributed by atoms with Crippen LogP contribution >= 0.6 is 0 Å². The summed E-state index contributed by atoms with van der Waals surface area (Å²) < 4.78 is 5.30. The van der Waals surface area contributed by atoms with E-state index in [9.17, 15) is 4.79 Å². The second-order valence-electron chi connectivity index (χ2n) is 5.94. The van der Waals surface area contributed by atoms with E-state index >= 15 is 0 Å². The first-order valence-electron chi connectivity index (χ1n) is 7.68. The maximum atomic E-state index is 12.6. The normalized spacial score (nSPS) is 26.7. The van der Waals surface area contributed by atoms with Gasteiger partial charge in [-0.15, -0.1) is 0 Å². The fourth-order valence-corrected chi connectivity index (χ4v) is 3.19. The van der Waals surface area contributed by atoms with Gasteiger partial charge in [-0.05, 0) is 38.3 Å². The van der Waals surface area contributed by atoms with Crippen molar-refractivity contribution in [3.63, 3.8) is 0 Å². The molecular weight excluding hydrogens is 272 g/mol. The topological polar surface area (TPSA) is 100 Å². The number of nitrogens with two attached hydrogens (primary N) is 1. The van der Waals surface area contributed by atoms with Crippen molar-refractivity contribution in [1.29, 1.82) is 0 Å². The molecule has 120 valence electrons. The number of oxime groups is 1. The van der Waals surface area contributed by atoms with Crippen LogP contribution in [-0.4, -0.2) is 61.2 Å². The van der Waals surface area contributed by atoms with Crippen molar-refractivity contribution in [3.05, 3.63) is 0 Å². The molecule has 0 saturated carbocycles. The summed E-state index contributed by atoms with van der Waals surface area (Å²) in [5, 5.41) is 15.1. The third-order valence-electron chi connectivity index (χ3n) is 4.75. The molecule has 0 aromatic heterocycles. The maximum Gasteiger partial charge on any atom is 0.234 e. The Bertz CT molecular complexity index is 394. The van der Waals surface area contributed by atoms with Gasteiger partial charge in [0.1, 0.15) is 5.41 Å². The quantitative estimate of drug-likeness (QED) is 0.287. The molecule has 1 amide bonds. The van der Waals surface area contributed by atoms with Gasteiger partial charge >= 0.3 is 0 Å². The van der Waals surface area contributed by atoms with E-state index in [-0.39, 0.29) is 11.7 Å². The Morgan fingerprint density at radius 1 is 1.52 bits per heavy atom. The predicted octanol–water partition coefficient (Wildman–Crippen LogP) is -0.0124. The number of amidine groups is 1. The highest BCUT2D eigenvalue weighted by Crippen LogP contribution is 2.31. The summed E-state index contributed by atoms with van der Waals surface area (Å²) in [6.45, 7) is 6.88. The van der Waals surface area contributed by atoms with Crippen molar-refractivity contribution >= 4 is 11.7 Å². The van der Waals surface area contributed by atoms with Gasteiger partial charge in [0.25, 0.3) is 0 Å². The molecule has 0 bridgehead atoms. The van der Waals surface area contributed by atoms with Crippen LogP contribution in [0.15, 0.2) is 5.16 Å². The number of hydrogen-bond donors (Lipinski definition) is 3. The molecule has 0 aromatic rings. The number of likely N-dealkylation sites (tertiary alicyclic amines) is 1. The smallest absolute Gasteiger partial charge is 0.234 e. The van der Waals surface area contributed by atoms with E-state index in [0.717, 1.165) is 26.1 Å². The minimum atomic E-state index is -0.921. The third-order valence-corrected chi connectivity index (χ3v) is 4.75. The second-order valence-corrected chi connectivity index (χ2v) is 5.94. The summed E-state index contributed by atoms with van der Waals surface area (Å²) in [7, 11) is 0. The zero-order valence-electron chi connectivity index (χ0n) is 12.7. The zero-order valence-corrected chi connectivity index (χ0v) is 12.7. The first-order chi connectivity index (χ1) is 10.1. The lowest BCUT2D eigenvalue weighted by atomic mass is 9.78. The molecule has 7 nitrogen and oxygen atoms in total. The first kappa shape index (κ1) is 16.0. The maximum absolute atomic E-state index is 12.6. The molecule has 1 atom stereocenters. The Hall–Kier alpha value is -1.34. The lowest BCUT2D eigenvalue weighted by Crippen LogP contribution is -2.53. The Morgan fingerprint density at radius 2 is 2.24 bits per heavy atom. The standard InChI is InChI=1S/C14H26N4O3/c1-2-18-6-3-11(10-18)9-16-13(19)14(12(15)17-20)4-7-21-8-5-14/h11,20H,2-10H2,1H3,(H2,15,17)(H,16,19). The van der Waals surface area contributed by atoms with Crippen molar-refractivity contribution in [3.8, 4) is 0 Å². The summed E-state index contributed by atoms with van der Waals surface area (Å²) in [6, 6.07) is 0. The van der Waals surface area contributed by atoms with Crippen molar-refractivity contribution in [1.82, 2.24) is 10.2 Å². The summed E-state index contributed by atoms with van der Waals surface area (Å²) in [4.78, 5) is 15.0. The largest absolute Gasteiger partial charge is 0.409 e. The van der Waals surface area contributed by atoms with Crippen molar-refractivity contribution < 1.29 is 14.7 Å². The van der Waals surface area contributed by atoms with Gasteiger partial charge in [-0.1, -0.05) is 12.1 Å². The van der Waals surface area contributed by atoms with Gasteiger partial charge < -0.3 is 25.9 Å². The van der Waals surface area contributed by atoms with E-state index in [1.807, 2.05) is 0 Å². The van der Waals surface area contributed by atoms with Gasteiger partial charge in [0.05, 0.1) is 0 Å². The molecule has 1 unspecified atom stereocenters. The lowest BCUT2D eigenvalue weighted by molar-refractivity contribution is -0.131. The van der Waals surface area contributed by atoms with Crippen LogP contribution in [0.5, 0.6) is 0 Å². The van der Waals surface area contributed by atoms with E-state index in [4.69, 9.17) is 15.7 Å². The van der Waals surface area contributed by atoms with Crippen LogP contribution in [0.3, 0.4) is 0 Å². The monoisotopic (exact) mass is 298 g/mol. The number of nitrogens with zero attached hydrogens (tertiary/aromatic N) is 2. The van der Waals surface area contributed by atoms with Crippen LogP contribution in [-0.2, 0) is 9.53 Å².